The second-order valence-corrected chi connectivity index (χ2v) is 4.77. The Kier molecular flexibility index (Phi) is 6.68. The lowest BCUT2D eigenvalue weighted by Gasteiger charge is -2.02. The third-order valence-corrected chi connectivity index (χ3v) is 3.27. The summed E-state index contributed by atoms with van der Waals surface area (Å²) in [5.41, 5.74) is 0. The van der Waals surface area contributed by atoms with Crippen LogP contribution in [0.15, 0.2) is 0 Å². The standard InChI is InChI=1S/C10H21NOS/c1-12-7-3-9-13-8-2-6-11-10-4-5-10/h10-11H,2-9H2,1H3. The lowest BCUT2D eigenvalue weighted by molar-refractivity contribution is 0.200. The van der Waals surface area contributed by atoms with E-state index in [0.717, 1.165) is 12.6 Å². The van der Waals surface area contributed by atoms with Crippen LogP contribution in [-0.2, 0) is 4.74 Å². The number of nitrogens with one attached hydrogen (secondary N) is 1. The van der Waals surface area contributed by atoms with Crippen molar-refractivity contribution in [3.05, 3.63) is 0 Å². The summed E-state index contributed by atoms with van der Waals surface area (Å²) >= 11 is 2.05. The largest absolute Gasteiger partial charge is 0.385 e. The van der Waals surface area contributed by atoms with Gasteiger partial charge in [-0.2, -0.15) is 11.8 Å². The Bertz CT molecular complexity index is 117. The number of rotatable bonds is 9. The molecule has 0 heterocycles. The third-order valence-electron chi connectivity index (χ3n) is 2.11. The summed E-state index contributed by atoms with van der Waals surface area (Å²) in [4.78, 5) is 0. The number of methoxy groups -OCH3 is 1. The molecule has 2 nitrogen and oxygen atoms in total. The molecular weight excluding hydrogens is 182 g/mol. The van der Waals surface area contributed by atoms with Crippen LogP contribution in [0.2, 0.25) is 0 Å². The van der Waals surface area contributed by atoms with Crippen molar-refractivity contribution in [2.45, 2.75) is 31.7 Å². The van der Waals surface area contributed by atoms with Crippen LogP contribution in [0.3, 0.4) is 0 Å². The molecule has 1 fully saturated rings. The van der Waals surface area contributed by atoms with Crippen LogP contribution in [0.5, 0.6) is 0 Å². The highest BCUT2D eigenvalue weighted by molar-refractivity contribution is 7.99. The molecule has 0 amide bonds. The van der Waals surface area contributed by atoms with E-state index in [-0.39, 0.29) is 0 Å². The van der Waals surface area contributed by atoms with Gasteiger partial charge in [-0.25, -0.2) is 0 Å². The zero-order chi connectivity index (χ0) is 9.36. The summed E-state index contributed by atoms with van der Waals surface area (Å²) in [5.74, 6) is 2.54. The first-order valence-electron chi connectivity index (χ1n) is 5.23. The number of hydrogen-bond acceptors (Lipinski definition) is 3. The summed E-state index contributed by atoms with van der Waals surface area (Å²) in [5, 5.41) is 3.52. The molecular formula is C10H21NOS. The highest BCUT2D eigenvalue weighted by Gasteiger charge is 2.19. The first-order valence-corrected chi connectivity index (χ1v) is 6.39. The normalized spacial score (nSPS) is 16.4. The molecule has 0 unspecified atom stereocenters. The predicted octanol–water partition coefficient (Wildman–Crippen LogP) is 1.90. The first kappa shape index (κ1) is 11.3. The highest BCUT2D eigenvalue weighted by atomic mass is 32.2. The van der Waals surface area contributed by atoms with Gasteiger partial charge in [0.15, 0.2) is 0 Å². The lowest BCUT2D eigenvalue weighted by atomic mass is 10.5. The van der Waals surface area contributed by atoms with Crippen LogP contribution in [0.1, 0.15) is 25.7 Å². The number of ether oxygens (including phenoxy) is 1. The molecule has 0 aromatic heterocycles. The minimum absolute atomic E-state index is 0.874. The van der Waals surface area contributed by atoms with Gasteiger partial charge < -0.3 is 10.1 Å². The van der Waals surface area contributed by atoms with E-state index in [0.29, 0.717) is 0 Å². The molecule has 0 saturated heterocycles. The number of thioether (sulfide) groups is 1. The van der Waals surface area contributed by atoms with Crippen LogP contribution in [0.4, 0.5) is 0 Å². The molecule has 1 saturated carbocycles. The summed E-state index contributed by atoms with van der Waals surface area (Å²) in [6.45, 7) is 2.12. The van der Waals surface area contributed by atoms with Gasteiger partial charge in [-0.05, 0) is 43.7 Å². The second-order valence-electron chi connectivity index (χ2n) is 3.54. The predicted molar refractivity (Wildman–Crippen MR) is 59.5 cm³/mol. The molecule has 13 heavy (non-hydrogen) atoms. The van der Waals surface area contributed by atoms with Crippen molar-refractivity contribution in [3.63, 3.8) is 0 Å². The van der Waals surface area contributed by atoms with E-state index in [1.54, 1.807) is 7.11 Å². The molecule has 1 N–H and O–H groups in total. The third kappa shape index (κ3) is 7.35. The summed E-state index contributed by atoms with van der Waals surface area (Å²) in [7, 11) is 1.77. The maximum atomic E-state index is 4.98. The van der Waals surface area contributed by atoms with Crippen molar-refractivity contribution < 1.29 is 4.74 Å². The van der Waals surface area contributed by atoms with Gasteiger partial charge in [-0.3, -0.25) is 0 Å². The Morgan fingerprint density at radius 2 is 2.08 bits per heavy atom. The zero-order valence-corrected chi connectivity index (χ0v) is 9.37. The van der Waals surface area contributed by atoms with Gasteiger partial charge in [0.25, 0.3) is 0 Å². The average Bonchev–Trinajstić information content (AvgIpc) is 2.93. The smallest absolute Gasteiger partial charge is 0.0470 e. The first-order chi connectivity index (χ1) is 6.43. The molecule has 0 atom stereocenters. The van der Waals surface area contributed by atoms with Crippen LogP contribution in [0.25, 0.3) is 0 Å². The Balaban J connectivity index is 1.63. The lowest BCUT2D eigenvalue weighted by Crippen LogP contribution is -2.17. The summed E-state index contributed by atoms with van der Waals surface area (Å²) in [6, 6.07) is 0.874. The molecule has 0 aromatic carbocycles. The fourth-order valence-electron chi connectivity index (χ4n) is 1.18. The Morgan fingerprint density at radius 1 is 1.31 bits per heavy atom. The van der Waals surface area contributed by atoms with E-state index in [1.165, 1.54) is 43.7 Å². The maximum absolute atomic E-state index is 4.98. The molecule has 0 bridgehead atoms. The van der Waals surface area contributed by atoms with E-state index in [9.17, 15) is 0 Å². The van der Waals surface area contributed by atoms with Gasteiger partial charge in [-0.15, -0.1) is 0 Å². The quantitative estimate of drug-likeness (QED) is 0.578. The summed E-state index contributed by atoms with van der Waals surface area (Å²) in [6.07, 6.45) is 5.31. The molecule has 0 aliphatic heterocycles. The SMILES string of the molecule is COCCCSCCCNC1CC1. The fraction of sp³-hybridized carbons (Fsp3) is 1.00. The van der Waals surface area contributed by atoms with E-state index >= 15 is 0 Å². The Hall–Kier alpha value is 0.270. The monoisotopic (exact) mass is 203 g/mol. The van der Waals surface area contributed by atoms with Gasteiger partial charge in [0.1, 0.15) is 0 Å². The summed E-state index contributed by atoms with van der Waals surface area (Å²) < 4.78 is 4.98. The number of hydrogen-bond donors (Lipinski definition) is 1. The Labute approximate surface area is 85.8 Å². The van der Waals surface area contributed by atoms with E-state index in [1.807, 2.05) is 11.8 Å². The minimum Gasteiger partial charge on any atom is -0.385 e. The van der Waals surface area contributed by atoms with Gasteiger partial charge in [-0.1, -0.05) is 0 Å². The molecule has 3 heteroatoms. The van der Waals surface area contributed by atoms with Gasteiger partial charge in [0, 0.05) is 19.8 Å². The van der Waals surface area contributed by atoms with Gasteiger partial charge in [0.2, 0.25) is 0 Å². The average molecular weight is 203 g/mol. The van der Waals surface area contributed by atoms with Crippen LogP contribution in [0, 0.1) is 0 Å². The molecule has 0 aromatic rings. The minimum atomic E-state index is 0.874. The van der Waals surface area contributed by atoms with Crippen molar-refractivity contribution in [1.82, 2.24) is 5.32 Å². The van der Waals surface area contributed by atoms with Crippen molar-refractivity contribution >= 4 is 11.8 Å². The van der Waals surface area contributed by atoms with Crippen molar-refractivity contribution in [2.24, 2.45) is 0 Å². The van der Waals surface area contributed by atoms with Crippen molar-refractivity contribution in [2.75, 3.05) is 31.8 Å². The van der Waals surface area contributed by atoms with Crippen molar-refractivity contribution in [3.8, 4) is 0 Å². The second kappa shape index (κ2) is 7.65. The van der Waals surface area contributed by atoms with Gasteiger partial charge >= 0.3 is 0 Å². The zero-order valence-electron chi connectivity index (χ0n) is 8.55. The topological polar surface area (TPSA) is 21.3 Å². The molecule has 1 aliphatic carbocycles. The molecule has 1 rings (SSSR count). The Morgan fingerprint density at radius 3 is 2.77 bits per heavy atom. The molecule has 0 spiro atoms. The van der Waals surface area contributed by atoms with E-state index in [4.69, 9.17) is 4.74 Å². The molecule has 78 valence electrons. The van der Waals surface area contributed by atoms with Gasteiger partial charge in [0.05, 0.1) is 0 Å². The highest BCUT2D eigenvalue weighted by Crippen LogP contribution is 2.18. The molecule has 0 radical (unpaired) electrons. The van der Waals surface area contributed by atoms with Crippen LogP contribution < -0.4 is 5.32 Å². The molecule has 1 aliphatic rings. The van der Waals surface area contributed by atoms with E-state index < -0.39 is 0 Å². The van der Waals surface area contributed by atoms with Crippen LogP contribution >= 0.6 is 11.8 Å². The maximum Gasteiger partial charge on any atom is 0.0470 e. The van der Waals surface area contributed by atoms with Crippen molar-refractivity contribution in [1.29, 1.82) is 0 Å². The van der Waals surface area contributed by atoms with E-state index in [2.05, 4.69) is 5.32 Å². The fourth-order valence-corrected chi connectivity index (χ4v) is 2.05. The van der Waals surface area contributed by atoms with Crippen LogP contribution in [-0.4, -0.2) is 37.8 Å².